The van der Waals surface area contributed by atoms with Gasteiger partial charge in [0, 0.05) is 6.42 Å². The average molecular weight is 388 g/mol. The molecule has 0 saturated heterocycles. The summed E-state index contributed by atoms with van der Waals surface area (Å²) in [6.07, 6.45) is 7.78. The summed E-state index contributed by atoms with van der Waals surface area (Å²) in [7, 11) is 3.47. The summed E-state index contributed by atoms with van der Waals surface area (Å²) in [6, 6.07) is 3.43. The minimum Gasteiger partial charge on any atom is -0.504 e. The minimum absolute atomic E-state index is 0.00740. The first-order valence-electron chi connectivity index (χ1n) is 10.2. The highest BCUT2D eigenvalue weighted by molar-refractivity contribution is 6.10. The van der Waals surface area contributed by atoms with Crippen molar-refractivity contribution in [2.24, 2.45) is 5.92 Å². The van der Waals surface area contributed by atoms with Gasteiger partial charge < -0.3 is 15.2 Å². The fraction of sp³-hybridized carbons (Fsp3) is 0.565. The molecule has 2 rings (SSSR count). The number of ketones is 2. The number of Topliss-reactive ketones (excluding diaryl/α,β-unsaturated/α-hetero) is 2. The predicted molar refractivity (Wildman–Crippen MR) is 112 cm³/mol. The van der Waals surface area contributed by atoms with Crippen LogP contribution in [-0.2, 0) is 16.0 Å². The lowest BCUT2D eigenvalue weighted by Gasteiger charge is -2.17. The number of methoxy groups -OCH3 is 1. The van der Waals surface area contributed by atoms with E-state index in [4.69, 9.17) is 4.74 Å². The maximum absolute atomic E-state index is 12.5. The van der Waals surface area contributed by atoms with Crippen LogP contribution in [0.3, 0.4) is 0 Å². The second kappa shape index (κ2) is 11.0. The number of phenols is 1. The van der Waals surface area contributed by atoms with Crippen LogP contribution in [0.15, 0.2) is 17.7 Å². The van der Waals surface area contributed by atoms with Crippen molar-refractivity contribution in [3.05, 3.63) is 28.8 Å². The summed E-state index contributed by atoms with van der Waals surface area (Å²) < 4.78 is 5.14. The van der Waals surface area contributed by atoms with Gasteiger partial charge >= 0.3 is 0 Å². The third-order valence-electron chi connectivity index (χ3n) is 5.36. The first-order chi connectivity index (χ1) is 13.4. The van der Waals surface area contributed by atoms with Gasteiger partial charge in [-0.1, -0.05) is 19.8 Å². The lowest BCUT2D eigenvalue weighted by molar-refractivity contribution is -0.125. The average Bonchev–Trinajstić information content (AvgIpc) is 2.66. The fourth-order valence-electron chi connectivity index (χ4n) is 3.71. The van der Waals surface area contributed by atoms with E-state index < -0.39 is 0 Å². The topological polar surface area (TPSA) is 75.6 Å². The molecule has 0 aromatic heterocycles. The first kappa shape index (κ1) is 22.2. The Morgan fingerprint density at radius 2 is 2.00 bits per heavy atom. The summed E-state index contributed by atoms with van der Waals surface area (Å²) in [4.78, 5) is 24.7. The van der Waals surface area contributed by atoms with E-state index in [1.54, 1.807) is 12.1 Å². The third-order valence-corrected chi connectivity index (χ3v) is 5.36. The Morgan fingerprint density at radius 3 is 2.71 bits per heavy atom. The van der Waals surface area contributed by atoms with Crippen molar-refractivity contribution < 1.29 is 19.4 Å². The Labute approximate surface area is 168 Å². The maximum Gasteiger partial charge on any atom is 0.166 e. The van der Waals surface area contributed by atoms with E-state index >= 15 is 0 Å². The van der Waals surface area contributed by atoms with Crippen LogP contribution < -0.4 is 10.1 Å². The molecule has 0 radical (unpaired) electrons. The number of ether oxygens (including phenoxy) is 1. The number of carbonyl (C=O) groups is 2. The molecule has 0 bridgehead atoms. The molecule has 1 aromatic carbocycles. The molecule has 0 spiro atoms. The quantitative estimate of drug-likeness (QED) is 0.418. The van der Waals surface area contributed by atoms with Crippen LogP contribution in [-0.4, -0.2) is 37.4 Å². The zero-order chi connectivity index (χ0) is 20.5. The molecule has 1 aliphatic carbocycles. The Balaban J connectivity index is 1.80. The van der Waals surface area contributed by atoms with Crippen LogP contribution in [0.1, 0.15) is 63.0 Å². The van der Waals surface area contributed by atoms with Gasteiger partial charge in [0.15, 0.2) is 17.3 Å². The number of unbranched alkanes of at least 4 members (excludes halogenated alkanes) is 2. The third kappa shape index (κ3) is 6.48. The standard InChI is InChI=1S/C23H33NO4/c1-16(15-24-2)7-5-4-6-8-20(25)14-21(26)18-10-9-17-12-22(27)23(28-3)13-19(17)11-18/h11-13,16,24,27H,4-10,14-15H2,1-3H3. The number of fused-ring (bicyclic) bond motifs is 1. The molecule has 1 aromatic rings. The zero-order valence-corrected chi connectivity index (χ0v) is 17.3. The van der Waals surface area contributed by atoms with Gasteiger partial charge in [0.25, 0.3) is 0 Å². The molecule has 0 fully saturated rings. The number of hydrogen-bond acceptors (Lipinski definition) is 5. The molecule has 154 valence electrons. The molecule has 0 aliphatic heterocycles. The van der Waals surface area contributed by atoms with Gasteiger partial charge in [-0.3, -0.25) is 9.59 Å². The Kier molecular flexibility index (Phi) is 8.71. The van der Waals surface area contributed by atoms with Crippen molar-refractivity contribution >= 4 is 17.6 Å². The number of benzene rings is 1. The normalized spacial score (nSPS) is 14.2. The predicted octanol–water partition coefficient (Wildman–Crippen LogP) is 4.06. The van der Waals surface area contributed by atoms with Gasteiger partial charge in [-0.05, 0) is 80.1 Å². The lowest BCUT2D eigenvalue weighted by atomic mass is 9.88. The van der Waals surface area contributed by atoms with Crippen LogP contribution in [0.25, 0.3) is 6.08 Å². The molecule has 5 heteroatoms. The molecule has 0 saturated carbocycles. The molecular weight excluding hydrogens is 354 g/mol. The van der Waals surface area contributed by atoms with Crippen molar-refractivity contribution in [3.8, 4) is 11.5 Å². The summed E-state index contributed by atoms with van der Waals surface area (Å²) in [5, 5.41) is 13.1. The van der Waals surface area contributed by atoms with Gasteiger partial charge in [-0.15, -0.1) is 0 Å². The Hall–Kier alpha value is -2.14. The Bertz CT molecular complexity index is 724. The molecule has 28 heavy (non-hydrogen) atoms. The monoisotopic (exact) mass is 387 g/mol. The maximum atomic E-state index is 12.5. The van der Waals surface area contributed by atoms with E-state index in [9.17, 15) is 14.7 Å². The van der Waals surface area contributed by atoms with Crippen LogP contribution in [0, 0.1) is 5.92 Å². The minimum atomic E-state index is -0.0784. The smallest absolute Gasteiger partial charge is 0.166 e. The number of hydrogen-bond donors (Lipinski definition) is 2. The van der Waals surface area contributed by atoms with Gasteiger partial charge in [0.1, 0.15) is 5.78 Å². The number of allylic oxidation sites excluding steroid dienone is 1. The van der Waals surface area contributed by atoms with E-state index in [1.807, 2.05) is 13.1 Å². The molecule has 2 N–H and O–H groups in total. The van der Waals surface area contributed by atoms with Crippen LogP contribution in [0.5, 0.6) is 11.5 Å². The number of rotatable bonds is 12. The van der Waals surface area contributed by atoms with E-state index in [-0.39, 0.29) is 23.7 Å². The number of aryl methyl sites for hydroxylation is 1. The molecular formula is C23H33NO4. The van der Waals surface area contributed by atoms with E-state index in [0.29, 0.717) is 36.5 Å². The van der Waals surface area contributed by atoms with Crippen LogP contribution >= 0.6 is 0 Å². The summed E-state index contributed by atoms with van der Waals surface area (Å²) in [5.41, 5.74) is 2.57. The van der Waals surface area contributed by atoms with Gasteiger partial charge in [-0.2, -0.15) is 0 Å². The van der Waals surface area contributed by atoms with Crippen LogP contribution in [0.2, 0.25) is 0 Å². The fourth-order valence-corrected chi connectivity index (χ4v) is 3.71. The molecule has 0 heterocycles. The van der Waals surface area contributed by atoms with E-state index in [1.165, 1.54) is 13.5 Å². The van der Waals surface area contributed by atoms with Crippen molar-refractivity contribution in [1.82, 2.24) is 5.32 Å². The van der Waals surface area contributed by atoms with Crippen LogP contribution in [0.4, 0.5) is 0 Å². The first-order valence-corrected chi connectivity index (χ1v) is 10.2. The lowest BCUT2D eigenvalue weighted by Crippen LogP contribution is -2.16. The van der Waals surface area contributed by atoms with Crippen molar-refractivity contribution in [3.63, 3.8) is 0 Å². The second-order valence-corrected chi connectivity index (χ2v) is 7.79. The second-order valence-electron chi connectivity index (χ2n) is 7.79. The van der Waals surface area contributed by atoms with Crippen molar-refractivity contribution in [1.29, 1.82) is 0 Å². The molecule has 1 aliphatic rings. The van der Waals surface area contributed by atoms with Gasteiger partial charge in [0.2, 0.25) is 0 Å². The molecule has 1 atom stereocenters. The highest BCUT2D eigenvalue weighted by Crippen LogP contribution is 2.34. The number of phenolic OH excluding ortho intramolecular Hbond substituents is 1. The van der Waals surface area contributed by atoms with Gasteiger partial charge in [0.05, 0.1) is 13.5 Å². The van der Waals surface area contributed by atoms with Crippen molar-refractivity contribution in [2.45, 2.75) is 58.3 Å². The zero-order valence-electron chi connectivity index (χ0n) is 17.3. The molecule has 0 amide bonds. The number of carbonyl (C=O) groups excluding carboxylic acids is 2. The molecule has 5 nitrogen and oxygen atoms in total. The van der Waals surface area contributed by atoms with E-state index in [0.717, 1.165) is 36.9 Å². The van der Waals surface area contributed by atoms with Gasteiger partial charge in [-0.25, -0.2) is 0 Å². The van der Waals surface area contributed by atoms with E-state index in [2.05, 4.69) is 12.2 Å². The summed E-state index contributed by atoms with van der Waals surface area (Å²) >= 11 is 0. The van der Waals surface area contributed by atoms with Crippen molar-refractivity contribution in [2.75, 3.05) is 20.7 Å². The number of aromatic hydroxyl groups is 1. The highest BCUT2D eigenvalue weighted by atomic mass is 16.5. The summed E-state index contributed by atoms with van der Waals surface area (Å²) in [5.74, 6) is 1.11. The number of nitrogens with one attached hydrogen (secondary N) is 1. The Morgan fingerprint density at radius 1 is 1.21 bits per heavy atom. The largest absolute Gasteiger partial charge is 0.504 e. The highest BCUT2D eigenvalue weighted by Gasteiger charge is 2.20. The summed E-state index contributed by atoms with van der Waals surface area (Å²) in [6.45, 7) is 3.25. The molecule has 1 unspecified atom stereocenters. The SMILES string of the molecule is CNCC(C)CCCCCC(=O)CC(=O)C1=Cc2cc(OC)c(O)cc2CC1.